The average molecular weight is 552 g/mol. The number of amides is 3. The lowest BCUT2D eigenvalue weighted by Gasteiger charge is -2.25. The van der Waals surface area contributed by atoms with Gasteiger partial charge in [0.2, 0.25) is 17.7 Å². The highest BCUT2D eigenvalue weighted by Gasteiger charge is 2.31. The Morgan fingerprint density at radius 2 is 1.42 bits per heavy atom. The van der Waals surface area contributed by atoms with Crippen LogP contribution in [0.3, 0.4) is 0 Å². The number of nitrogens with two attached hydrogens (primary N) is 2. The fourth-order valence-electron chi connectivity index (χ4n) is 3.60. The molecule has 0 radical (unpaired) electrons. The molecule has 0 aromatic carbocycles. The molecular formula is C23H37N9O5S. The molecule has 0 aliphatic rings. The third-order valence-electron chi connectivity index (χ3n) is 5.75. The summed E-state index contributed by atoms with van der Waals surface area (Å²) in [6, 6.07) is -4.18. The van der Waals surface area contributed by atoms with Crippen molar-refractivity contribution < 1.29 is 24.3 Å². The van der Waals surface area contributed by atoms with Crippen LogP contribution in [0.2, 0.25) is 0 Å². The number of imidazole rings is 2. The van der Waals surface area contributed by atoms with Gasteiger partial charge in [0.15, 0.2) is 0 Å². The smallest absolute Gasteiger partial charge is 0.326 e. The monoisotopic (exact) mass is 551 g/mol. The highest BCUT2D eigenvalue weighted by atomic mass is 32.2. The van der Waals surface area contributed by atoms with Gasteiger partial charge in [0.05, 0.1) is 18.7 Å². The van der Waals surface area contributed by atoms with E-state index in [1.807, 2.05) is 6.26 Å². The fraction of sp³-hybridized carbons (Fsp3) is 0.565. The molecule has 0 spiro atoms. The van der Waals surface area contributed by atoms with Gasteiger partial charge in [-0.15, -0.1) is 0 Å². The van der Waals surface area contributed by atoms with Crippen LogP contribution in [0, 0.1) is 0 Å². The van der Waals surface area contributed by atoms with Crippen molar-refractivity contribution in [1.29, 1.82) is 0 Å². The minimum atomic E-state index is -1.19. The molecule has 14 nitrogen and oxygen atoms in total. The van der Waals surface area contributed by atoms with E-state index in [9.17, 15) is 24.3 Å². The Morgan fingerprint density at radius 1 is 0.895 bits per heavy atom. The van der Waals surface area contributed by atoms with Crippen LogP contribution in [-0.4, -0.2) is 91.5 Å². The first-order chi connectivity index (χ1) is 18.2. The molecule has 2 aromatic heterocycles. The van der Waals surface area contributed by atoms with Gasteiger partial charge in [-0.1, -0.05) is 0 Å². The van der Waals surface area contributed by atoms with Crippen molar-refractivity contribution in [1.82, 2.24) is 35.9 Å². The Kier molecular flexibility index (Phi) is 13.3. The summed E-state index contributed by atoms with van der Waals surface area (Å²) in [6.07, 6.45) is 9.63. The highest BCUT2D eigenvalue weighted by molar-refractivity contribution is 7.98. The van der Waals surface area contributed by atoms with Gasteiger partial charge in [-0.2, -0.15) is 11.8 Å². The van der Waals surface area contributed by atoms with Crippen molar-refractivity contribution in [2.45, 2.75) is 62.7 Å². The number of carboxylic acids is 1. The molecule has 4 atom stereocenters. The van der Waals surface area contributed by atoms with E-state index in [0.29, 0.717) is 42.9 Å². The van der Waals surface area contributed by atoms with E-state index >= 15 is 0 Å². The van der Waals surface area contributed by atoms with E-state index in [0.717, 1.165) is 0 Å². The Morgan fingerprint density at radius 3 is 1.87 bits per heavy atom. The van der Waals surface area contributed by atoms with Crippen LogP contribution in [-0.2, 0) is 32.0 Å². The third-order valence-corrected chi connectivity index (χ3v) is 6.40. The van der Waals surface area contributed by atoms with Crippen LogP contribution in [0.1, 0.15) is 37.1 Å². The van der Waals surface area contributed by atoms with Gasteiger partial charge in [0.25, 0.3) is 0 Å². The minimum absolute atomic E-state index is 0.0185. The zero-order valence-corrected chi connectivity index (χ0v) is 22.1. The Balaban J connectivity index is 2.19. The number of aromatic amines is 2. The second-order valence-electron chi connectivity index (χ2n) is 8.76. The molecule has 0 aliphatic carbocycles. The summed E-state index contributed by atoms with van der Waals surface area (Å²) in [6.45, 7) is 0.406. The lowest BCUT2D eigenvalue weighted by Crippen LogP contribution is -2.58. The molecule has 15 heteroatoms. The maximum absolute atomic E-state index is 13.4. The Labute approximate surface area is 224 Å². The first kappa shape index (κ1) is 30.8. The summed E-state index contributed by atoms with van der Waals surface area (Å²) in [4.78, 5) is 64.6. The third kappa shape index (κ3) is 10.5. The van der Waals surface area contributed by atoms with Crippen molar-refractivity contribution in [2.24, 2.45) is 11.5 Å². The molecule has 0 saturated carbocycles. The normalized spacial score (nSPS) is 14.2. The van der Waals surface area contributed by atoms with E-state index in [1.165, 1.54) is 25.0 Å². The van der Waals surface area contributed by atoms with Crippen molar-refractivity contribution in [3.05, 3.63) is 36.4 Å². The molecule has 10 N–H and O–H groups in total. The summed E-state index contributed by atoms with van der Waals surface area (Å²) < 4.78 is 0. The molecule has 4 unspecified atom stereocenters. The number of aromatic nitrogens is 4. The van der Waals surface area contributed by atoms with Crippen LogP contribution in [0.4, 0.5) is 0 Å². The summed E-state index contributed by atoms with van der Waals surface area (Å²) in [7, 11) is 0. The molecule has 2 heterocycles. The molecule has 0 fully saturated rings. The average Bonchev–Trinajstić information content (AvgIpc) is 3.60. The quantitative estimate of drug-likeness (QED) is 0.102. The number of hydrogen-bond donors (Lipinski definition) is 8. The van der Waals surface area contributed by atoms with Crippen molar-refractivity contribution in [3.8, 4) is 0 Å². The number of unbranched alkanes of at least 4 members (excludes halogenated alkanes) is 1. The lowest BCUT2D eigenvalue weighted by atomic mass is 10.1. The first-order valence-electron chi connectivity index (χ1n) is 12.3. The molecular weight excluding hydrogens is 514 g/mol. The van der Waals surface area contributed by atoms with E-state index in [-0.39, 0.29) is 19.3 Å². The second kappa shape index (κ2) is 16.4. The van der Waals surface area contributed by atoms with E-state index < -0.39 is 47.9 Å². The molecule has 2 aromatic rings. The van der Waals surface area contributed by atoms with Gasteiger partial charge in [0, 0.05) is 36.6 Å². The van der Waals surface area contributed by atoms with Gasteiger partial charge >= 0.3 is 5.97 Å². The largest absolute Gasteiger partial charge is 0.480 e. The van der Waals surface area contributed by atoms with Crippen LogP contribution in [0.15, 0.2) is 25.0 Å². The first-order valence-corrected chi connectivity index (χ1v) is 13.7. The number of nitrogens with one attached hydrogen (secondary N) is 5. The van der Waals surface area contributed by atoms with Crippen molar-refractivity contribution in [3.63, 3.8) is 0 Å². The lowest BCUT2D eigenvalue weighted by molar-refractivity contribution is -0.142. The number of carbonyl (C=O) groups excluding carboxylic acids is 3. The number of thioether (sulfide) groups is 1. The van der Waals surface area contributed by atoms with Crippen molar-refractivity contribution >= 4 is 35.5 Å². The van der Waals surface area contributed by atoms with Gasteiger partial charge in [0.1, 0.15) is 18.1 Å². The Bertz CT molecular complexity index is 1000. The summed E-state index contributed by atoms with van der Waals surface area (Å²) in [5.74, 6) is -2.34. The number of nitrogens with zero attached hydrogens (tertiary/aromatic N) is 2. The van der Waals surface area contributed by atoms with Crippen molar-refractivity contribution in [2.75, 3.05) is 18.6 Å². The molecule has 38 heavy (non-hydrogen) atoms. The second-order valence-corrected chi connectivity index (χ2v) is 9.74. The molecule has 0 bridgehead atoms. The van der Waals surface area contributed by atoms with Gasteiger partial charge in [-0.3, -0.25) is 14.4 Å². The van der Waals surface area contributed by atoms with Gasteiger partial charge in [-0.25, -0.2) is 14.8 Å². The van der Waals surface area contributed by atoms with Gasteiger partial charge in [-0.05, 0) is 44.2 Å². The fourth-order valence-corrected chi connectivity index (χ4v) is 4.09. The van der Waals surface area contributed by atoms with E-state index in [4.69, 9.17) is 11.5 Å². The number of carbonyl (C=O) groups is 4. The van der Waals surface area contributed by atoms with Crippen LogP contribution in [0.5, 0.6) is 0 Å². The topological polar surface area (TPSA) is 234 Å². The van der Waals surface area contributed by atoms with Gasteiger partial charge < -0.3 is 42.5 Å². The molecule has 210 valence electrons. The maximum Gasteiger partial charge on any atom is 0.326 e. The number of rotatable bonds is 18. The van der Waals surface area contributed by atoms with E-state index in [2.05, 4.69) is 35.9 Å². The zero-order chi connectivity index (χ0) is 27.9. The number of hydrogen-bond acceptors (Lipinski definition) is 9. The summed E-state index contributed by atoms with van der Waals surface area (Å²) in [5, 5.41) is 17.4. The number of carboxylic acid groups (broad SMARTS) is 1. The molecule has 0 aliphatic heterocycles. The van der Waals surface area contributed by atoms with Crippen LogP contribution < -0.4 is 27.4 Å². The molecule has 2 rings (SSSR count). The highest BCUT2D eigenvalue weighted by Crippen LogP contribution is 2.07. The number of aliphatic carboxylic acids is 1. The van der Waals surface area contributed by atoms with Crippen LogP contribution in [0.25, 0.3) is 0 Å². The maximum atomic E-state index is 13.4. The summed E-state index contributed by atoms with van der Waals surface area (Å²) in [5.41, 5.74) is 12.6. The van der Waals surface area contributed by atoms with E-state index in [1.54, 1.807) is 11.8 Å². The minimum Gasteiger partial charge on any atom is -0.480 e. The predicted molar refractivity (Wildman–Crippen MR) is 142 cm³/mol. The summed E-state index contributed by atoms with van der Waals surface area (Å²) >= 11 is 1.55. The zero-order valence-electron chi connectivity index (χ0n) is 21.3. The SMILES string of the molecule is CSCCC(N)C(=O)NC(Cc1cnc[nH]1)C(=O)NC(Cc1cnc[nH]1)C(=O)NC(CCCCN)C(=O)O. The Hall–Kier alpha value is -3.43. The van der Waals surface area contributed by atoms with Crippen LogP contribution >= 0.6 is 11.8 Å². The molecule has 0 saturated heterocycles. The number of H-pyrrole nitrogens is 2. The molecule has 3 amide bonds. The standard InChI is InChI=1S/C23H37N9O5S/c1-38-7-5-16(25)20(33)31-18(8-14-10-26-12-28-14)22(35)32-19(9-15-11-27-13-29-15)21(34)30-17(23(36)37)4-2-3-6-24/h10-13,16-19H,2-9,24-25H2,1H3,(H,26,28)(H,27,29)(H,30,34)(H,31,33)(H,32,35)(H,36,37). The predicted octanol–water partition coefficient (Wildman–Crippen LogP) is -1.33.